The van der Waals surface area contributed by atoms with Crippen LogP contribution in [0.5, 0.6) is 0 Å². The topological polar surface area (TPSA) is 83.6 Å². The van der Waals surface area contributed by atoms with Crippen molar-refractivity contribution in [2.45, 2.75) is 13.0 Å². The van der Waals surface area contributed by atoms with Crippen LogP contribution in [0.15, 0.2) is 24.3 Å². The smallest absolute Gasteiger partial charge is 0.224 e. The van der Waals surface area contributed by atoms with Gasteiger partial charge in [0.1, 0.15) is 5.82 Å². The predicted molar refractivity (Wildman–Crippen MR) is 56.1 cm³/mol. The largest absolute Gasteiger partial charge is 0.348 e. The van der Waals surface area contributed by atoms with Gasteiger partial charge < -0.3 is 5.32 Å². The number of hydrogen-bond acceptors (Lipinski definition) is 4. The molecule has 0 atom stereocenters. The molecule has 1 aromatic heterocycles. The van der Waals surface area contributed by atoms with E-state index < -0.39 is 0 Å². The molecule has 0 unspecified atom stereocenters. The Kier molecular flexibility index (Phi) is 3.39. The van der Waals surface area contributed by atoms with Crippen molar-refractivity contribution < 1.29 is 9.18 Å². The summed E-state index contributed by atoms with van der Waals surface area (Å²) in [6.45, 7) is 0.170. The van der Waals surface area contributed by atoms with E-state index in [4.69, 9.17) is 0 Å². The summed E-state index contributed by atoms with van der Waals surface area (Å²) in [6, 6.07) is 6.16. The van der Waals surface area contributed by atoms with Gasteiger partial charge in [0.2, 0.25) is 5.91 Å². The molecule has 88 valence electrons. The van der Waals surface area contributed by atoms with E-state index in [0.29, 0.717) is 11.4 Å². The maximum Gasteiger partial charge on any atom is 0.224 e. The van der Waals surface area contributed by atoms with Gasteiger partial charge in [0.15, 0.2) is 5.82 Å². The fourth-order valence-electron chi connectivity index (χ4n) is 1.31. The lowest BCUT2D eigenvalue weighted by molar-refractivity contribution is -0.120. The van der Waals surface area contributed by atoms with Crippen molar-refractivity contribution in [3.05, 3.63) is 41.5 Å². The minimum Gasteiger partial charge on any atom is -0.348 e. The normalized spacial score (nSPS) is 10.2. The Balaban J connectivity index is 1.87. The average molecular weight is 235 g/mol. The van der Waals surface area contributed by atoms with E-state index in [1.807, 2.05) is 0 Å². The molecule has 0 aliphatic heterocycles. The Bertz CT molecular complexity index is 499. The monoisotopic (exact) mass is 235 g/mol. The number of carbonyl (C=O) groups is 1. The van der Waals surface area contributed by atoms with Crippen LogP contribution in [0.2, 0.25) is 0 Å². The van der Waals surface area contributed by atoms with Gasteiger partial charge in [-0.15, -0.1) is 10.2 Å². The van der Waals surface area contributed by atoms with Crippen LogP contribution in [0.1, 0.15) is 11.4 Å². The Hall–Kier alpha value is -2.31. The average Bonchev–Trinajstić information content (AvgIpc) is 2.82. The lowest BCUT2D eigenvalue weighted by atomic mass is 10.1. The summed E-state index contributed by atoms with van der Waals surface area (Å²) < 4.78 is 13.2. The molecular weight excluding hydrogens is 225 g/mol. The van der Waals surface area contributed by atoms with Crippen LogP contribution in [0.4, 0.5) is 4.39 Å². The number of benzene rings is 1. The summed E-state index contributed by atoms with van der Waals surface area (Å²) in [7, 11) is 0. The van der Waals surface area contributed by atoms with Crippen molar-refractivity contribution in [2.75, 3.05) is 0 Å². The van der Waals surface area contributed by atoms with Gasteiger partial charge >= 0.3 is 0 Å². The van der Waals surface area contributed by atoms with E-state index >= 15 is 0 Å². The molecule has 6 nitrogen and oxygen atoms in total. The van der Waals surface area contributed by atoms with Crippen LogP contribution in [-0.4, -0.2) is 26.5 Å². The zero-order valence-corrected chi connectivity index (χ0v) is 8.85. The first-order chi connectivity index (χ1) is 8.25. The van der Waals surface area contributed by atoms with Gasteiger partial charge in [-0.25, -0.2) is 4.39 Å². The van der Waals surface area contributed by atoms with E-state index in [1.165, 1.54) is 6.07 Å². The molecule has 2 rings (SSSR count). The quantitative estimate of drug-likeness (QED) is 0.792. The van der Waals surface area contributed by atoms with Gasteiger partial charge in [0.25, 0.3) is 0 Å². The van der Waals surface area contributed by atoms with Crippen molar-refractivity contribution in [2.24, 2.45) is 0 Å². The first-order valence-electron chi connectivity index (χ1n) is 4.98. The van der Waals surface area contributed by atoms with Crippen LogP contribution < -0.4 is 5.32 Å². The highest BCUT2D eigenvalue weighted by atomic mass is 19.1. The number of carbonyl (C=O) groups excluding carboxylic acids is 1. The van der Waals surface area contributed by atoms with E-state index in [9.17, 15) is 9.18 Å². The van der Waals surface area contributed by atoms with E-state index in [1.54, 1.807) is 18.2 Å². The summed E-state index contributed by atoms with van der Waals surface area (Å²) >= 11 is 0. The third-order valence-corrected chi connectivity index (χ3v) is 2.14. The van der Waals surface area contributed by atoms with Crippen LogP contribution in [0, 0.1) is 5.82 Å². The van der Waals surface area contributed by atoms with Crippen LogP contribution in [-0.2, 0) is 17.8 Å². The highest BCUT2D eigenvalue weighted by molar-refractivity contribution is 5.78. The molecule has 1 amide bonds. The predicted octanol–water partition coefficient (Wildman–Crippen LogP) is 0.198. The number of rotatable bonds is 4. The second-order valence-corrected chi connectivity index (χ2v) is 3.37. The van der Waals surface area contributed by atoms with Crippen molar-refractivity contribution in [1.82, 2.24) is 25.9 Å². The standard InChI is InChI=1S/C10H10FN5O/c11-8-4-2-1-3-7(8)5-10(17)12-6-9-13-15-16-14-9/h1-4H,5-6H2,(H,12,17)(H,13,14,15,16). The Morgan fingerprint density at radius 3 is 2.94 bits per heavy atom. The van der Waals surface area contributed by atoms with Crippen LogP contribution >= 0.6 is 0 Å². The van der Waals surface area contributed by atoms with Crippen LogP contribution in [0.3, 0.4) is 0 Å². The summed E-state index contributed by atoms with van der Waals surface area (Å²) in [5.41, 5.74) is 0.359. The SMILES string of the molecule is O=C(Cc1ccccc1F)NCc1nn[nH]n1. The minimum atomic E-state index is -0.387. The Labute approximate surface area is 96.2 Å². The molecule has 2 aromatic rings. The van der Waals surface area contributed by atoms with Crippen molar-refractivity contribution in [1.29, 1.82) is 0 Å². The second kappa shape index (κ2) is 5.15. The third-order valence-electron chi connectivity index (χ3n) is 2.14. The van der Waals surface area contributed by atoms with Crippen molar-refractivity contribution >= 4 is 5.91 Å². The minimum absolute atomic E-state index is 0.00940. The molecule has 7 heteroatoms. The maximum absolute atomic E-state index is 13.2. The molecule has 1 heterocycles. The highest BCUT2D eigenvalue weighted by Gasteiger charge is 2.08. The zero-order chi connectivity index (χ0) is 12.1. The van der Waals surface area contributed by atoms with Gasteiger partial charge in [-0.3, -0.25) is 4.79 Å². The molecule has 0 aliphatic rings. The van der Waals surface area contributed by atoms with Gasteiger partial charge in [-0.05, 0) is 11.6 Å². The molecule has 0 aliphatic carbocycles. The van der Waals surface area contributed by atoms with Gasteiger partial charge in [0, 0.05) is 0 Å². The molecule has 17 heavy (non-hydrogen) atoms. The number of nitrogens with one attached hydrogen (secondary N) is 2. The number of aromatic nitrogens is 4. The highest BCUT2D eigenvalue weighted by Crippen LogP contribution is 2.06. The molecule has 1 aromatic carbocycles. The molecule has 0 fully saturated rings. The maximum atomic E-state index is 13.2. The lowest BCUT2D eigenvalue weighted by Crippen LogP contribution is -2.25. The summed E-state index contributed by atoms with van der Waals surface area (Å²) in [6.07, 6.45) is -0.00940. The van der Waals surface area contributed by atoms with Gasteiger partial charge in [-0.1, -0.05) is 23.4 Å². The summed E-state index contributed by atoms with van der Waals surface area (Å²) in [4.78, 5) is 11.5. The number of H-pyrrole nitrogens is 1. The number of amides is 1. The fraction of sp³-hybridized carbons (Fsp3) is 0.200. The third kappa shape index (κ3) is 3.07. The molecule has 0 spiro atoms. The first-order valence-corrected chi connectivity index (χ1v) is 4.98. The molecule has 0 radical (unpaired) electrons. The number of nitrogens with zero attached hydrogens (tertiary/aromatic N) is 3. The molecular formula is C10H10FN5O. The number of tetrazole rings is 1. The van der Waals surface area contributed by atoms with Crippen molar-refractivity contribution in [3.63, 3.8) is 0 Å². The Morgan fingerprint density at radius 1 is 1.41 bits per heavy atom. The van der Waals surface area contributed by atoms with Crippen molar-refractivity contribution in [3.8, 4) is 0 Å². The number of halogens is 1. The fourth-order valence-corrected chi connectivity index (χ4v) is 1.31. The van der Waals surface area contributed by atoms with Gasteiger partial charge in [0.05, 0.1) is 13.0 Å². The molecule has 0 saturated heterocycles. The van der Waals surface area contributed by atoms with E-state index in [-0.39, 0.29) is 24.7 Å². The number of aromatic amines is 1. The number of hydrogen-bond donors (Lipinski definition) is 2. The molecule has 0 bridgehead atoms. The Morgan fingerprint density at radius 2 is 2.24 bits per heavy atom. The van der Waals surface area contributed by atoms with E-state index in [0.717, 1.165) is 0 Å². The summed E-state index contributed by atoms with van der Waals surface area (Å²) in [5, 5.41) is 15.5. The van der Waals surface area contributed by atoms with E-state index in [2.05, 4.69) is 25.9 Å². The first kappa shape index (κ1) is 11.2. The zero-order valence-electron chi connectivity index (χ0n) is 8.85. The van der Waals surface area contributed by atoms with Gasteiger partial charge in [-0.2, -0.15) is 5.21 Å². The lowest BCUT2D eigenvalue weighted by Gasteiger charge is -2.03. The molecule has 2 N–H and O–H groups in total. The summed E-state index contributed by atoms with van der Waals surface area (Å²) in [5.74, 6) is -0.297. The van der Waals surface area contributed by atoms with Crippen LogP contribution in [0.25, 0.3) is 0 Å². The molecule has 0 saturated carbocycles. The second-order valence-electron chi connectivity index (χ2n) is 3.37.